The molecule has 1 N–H and O–H groups in total. The maximum absolute atomic E-state index is 12.5. The normalized spacial score (nSPS) is 16.6. The fourth-order valence-electron chi connectivity index (χ4n) is 2.81. The molecule has 1 aliphatic heterocycles. The lowest BCUT2D eigenvalue weighted by Crippen LogP contribution is -2.16. The average Bonchev–Trinajstić information content (AvgIpc) is 2.87. The zero-order valence-corrected chi connectivity index (χ0v) is 11.9. The molecule has 20 heavy (non-hydrogen) atoms. The van der Waals surface area contributed by atoms with Crippen LogP contribution in [0.2, 0.25) is 0 Å². The Morgan fingerprint density at radius 1 is 1.15 bits per heavy atom. The number of carbonyl (C=O) groups is 1. The van der Waals surface area contributed by atoms with Crippen LogP contribution in [0.15, 0.2) is 42.5 Å². The van der Waals surface area contributed by atoms with E-state index in [-0.39, 0.29) is 5.92 Å². The Labute approximate surface area is 119 Å². The summed E-state index contributed by atoms with van der Waals surface area (Å²) in [5.74, 6) is 0.290. The summed E-state index contributed by atoms with van der Waals surface area (Å²) >= 11 is 0. The molecule has 2 heteroatoms. The van der Waals surface area contributed by atoms with Crippen molar-refractivity contribution in [3.05, 3.63) is 64.7 Å². The molecular formula is C18H19NO. The third-order valence-electron chi connectivity index (χ3n) is 4.17. The predicted molar refractivity (Wildman–Crippen MR) is 82.3 cm³/mol. The summed E-state index contributed by atoms with van der Waals surface area (Å²) in [6, 6.07) is 14.4. The molecular weight excluding hydrogens is 246 g/mol. The summed E-state index contributed by atoms with van der Waals surface area (Å²) in [7, 11) is 0. The molecule has 0 aliphatic carbocycles. The number of hydrogen-bond donors (Lipinski definition) is 1. The van der Waals surface area contributed by atoms with Crippen LogP contribution in [0.5, 0.6) is 0 Å². The van der Waals surface area contributed by atoms with Crippen LogP contribution >= 0.6 is 0 Å². The van der Waals surface area contributed by atoms with Crippen molar-refractivity contribution in [1.82, 2.24) is 0 Å². The molecule has 1 unspecified atom stereocenters. The fraction of sp³-hybridized carbons (Fsp3) is 0.278. The van der Waals surface area contributed by atoms with Gasteiger partial charge in [0, 0.05) is 18.7 Å². The molecule has 0 aromatic heterocycles. The van der Waals surface area contributed by atoms with Crippen molar-refractivity contribution in [2.45, 2.75) is 26.2 Å². The van der Waals surface area contributed by atoms with E-state index in [4.69, 9.17) is 0 Å². The molecule has 1 heterocycles. The summed E-state index contributed by atoms with van der Waals surface area (Å²) in [6.07, 6.45) is 0.516. The molecule has 0 amide bonds. The molecule has 1 aliphatic rings. The summed E-state index contributed by atoms with van der Waals surface area (Å²) in [4.78, 5) is 12.5. The number of rotatable bonds is 3. The van der Waals surface area contributed by atoms with Gasteiger partial charge in [0.05, 0.1) is 5.92 Å². The number of ketones is 1. The Morgan fingerprint density at radius 2 is 1.95 bits per heavy atom. The zero-order chi connectivity index (χ0) is 14.1. The maximum Gasteiger partial charge on any atom is 0.146 e. The number of aryl methyl sites for hydroxylation is 2. The minimum absolute atomic E-state index is 0.00666. The number of para-hydroxylation sites is 1. The maximum atomic E-state index is 12.5. The Balaban J connectivity index is 1.79. The van der Waals surface area contributed by atoms with E-state index in [0.717, 1.165) is 23.4 Å². The van der Waals surface area contributed by atoms with E-state index in [2.05, 4.69) is 43.4 Å². The fourth-order valence-corrected chi connectivity index (χ4v) is 2.81. The predicted octanol–water partition coefficient (Wildman–Crippen LogP) is 3.62. The molecule has 0 fully saturated rings. The van der Waals surface area contributed by atoms with Crippen LogP contribution in [0.3, 0.4) is 0 Å². The molecule has 3 rings (SSSR count). The van der Waals surface area contributed by atoms with E-state index >= 15 is 0 Å². The van der Waals surface area contributed by atoms with E-state index in [1.165, 1.54) is 11.1 Å². The molecule has 2 nitrogen and oxygen atoms in total. The van der Waals surface area contributed by atoms with E-state index in [1.807, 2.05) is 18.2 Å². The van der Waals surface area contributed by atoms with Crippen LogP contribution in [0.4, 0.5) is 5.69 Å². The summed E-state index contributed by atoms with van der Waals surface area (Å²) < 4.78 is 0. The van der Waals surface area contributed by atoms with E-state index in [1.54, 1.807) is 0 Å². The second-order valence-corrected chi connectivity index (χ2v) is 5.58. The smallest absolute Gasteiger partial charge is 0.146 e. The number of Topliss-reactive ketones (excluding diaryl/α,β-unsaturated/α-hetero) is 1. The molecule has 0 saturated heterocycles. The van der Waals surface area contributed by atoms with Gasteiger partial charge in [0.25, 0.3) is 0 Å². The number of nitrogens with one attached hydrogen (secondary N) is 1. The van der Waals surface area contributed by atoms with Gasteiger partial charge >= 0.3 is 0 Å². The summed E-state index contributed by atoms with van der Waals surface area (Å²) in [6.45, 7) is 4.91. The van der Waals surface area contributed by atoms with Gasteiger partial charge in [-0.25, -0.2) is 0 Å². The highest BCUT2D eigenvalue weighted by Crippen LogP contribution is 2.32. The lowest BCUT2D eigenvalue weighted by Gasteiger charge is -2.10. The Bertz CT molecular complexity index is 660. The molecule has 0 bridgehead atoms. The highest BCUT2D eigenvalue weighted by atomic mass is 16.1. The molecule has 2 aromatic carbocycles. The molecule has 1 atom stereocenters. The number of benzene rings is 2. The third-order valence-corrected chi connectivity index (χ3v) is 4.17. The van der Waals surface area contributed by atoms with Crippen molar-refractivity contribution in [3.63, 3.8) is 0 Å². The first kappa shape index (κ1) is 12.9. The van der Waals surface area contributed by atoms with Gasteiger partial charge in [0.15, 0.2) is 0 Å². The summed E-state index contributed by atoms with van der Waals surface area (Å²) in [5, 5.41) is 3.32. The monoisotopic (exact) mass is 265 g/mol. The van der Waals surface area contributed by atoms with E-state index in [0.29, 0.717) is 12.2 Å². The topological polar surface area (TPSA) is 29.1 Å². The van der Waals surface area contributed by atoms with Gasteiger partial charge < -0.3 is 5.32 Å². The van der Waals surface area contributed by atoms with Gasteiger partial charge in [0.1, 0.15) is 5.78 Å². The number of hydrogen-bond acceptors (Lipinski definition) is 2. The van der Waals surface area contributed by atoms with Gasteiger partial charge in [-0.05, 0) is 42.2 Å². The van der Waals surface area contributed by atoms with Crippen molar-refractivity contribution < 1.29 is 4.79 Å². The first-order valence-corrected chi connectivity index (χ1v) is 7.07. The van der Waals surface area contributed by atoms with Crippen LogP contribution in [-0.2, 0) is 11.2 Å². The number of anilines is 1. The van der Waals surface area contributed by atoms with Crippen molar-refractivity contribution in [2.24, 2.45) is 0 Å². The first-order chi connectivity index (χ1) is 9.65. The Hall–Kier alpha value is -2.09. The van der Waals surface area contributed by atoms with Crippen molar-refractivity contribution in [2.75, 3.05) is 11.9 Å². The number of fused-ring (bicyclic) bond motifs is 1. The third kappa shape index (κ3) is 2.34. The minimum atomic E-state index is -0.00666. The molecule has 102 valence electrons. The van der Waals surface area contributed by atoms with Crippen LogP contribution < -0.4 is 5.32 Å². The molecule has 2 aromatic rings. The van der Waals surface area contributed by atoms with Crippen LogP contribution in [0.1, 0.15) is 28.2 Å². The van der Waals surface area contributed by atoms with Gasteiger partial charge in [-0.2, -0.15) is 0 Å². The Kier molecular flexibility index (Phi) is 3.31. The number of carbonyl (C=O) groups excluding carboxylic acids is 1. The quantitative estimate of drug-likeness (QED) is 0.918. The standard InChI is InChI=1S/C18H19NO/c1-12-7-8-14(9-13(12)2)10-18(20)16-11-19-17-6-4-3-5-15(16)17/h3-9,16,19H,10-11H2,1-2H3. The largest absolute Gasteiger partial charge is 0.384 e. The lowest BCUT2D eigenvalue weighted by molar-refractivity contribution is -0.119. The molecule has 0 saturated carbocycles. The molecule has 0 radical (unpaired) electrons. The van der Waals surface area contributed by atoms with Gasteiger partial charge in [-0.3, -0.25) is 4.79 Å². The van der Waals surface area contributed by atoms with Crippen molar-refractivity contribution in [1.29, 1.82) is 0 Å². The van der Waals surface area contributed by atoms with Gasteiger partial charge in [0.2, 0.25) is 0 Å². The lowest BCUT2D eigenvalue weighted by atomic mass is 9.92. The van der Waals surface area contributed by atoms with Gasteiger partial charge in [-0.1, -0.05) is 36.4 Å². The van der Waals surface area contributed by atoms with Crippen LogP contribution in [-0.4, -0.2) is 12.3 Å². The summed E-state index contributed by atoms with van der Waals surface area (Å²) in [5.41, 5.74) is 5.88. The van der Waals surface area contributed by atoms with Crippen molar-refractivity contribution >= 4 is 11.5 Å². The Morgan fingerprint density at radius 3 is 2.75 bits per heavy atom. The van der Waals surface area contributed by atoms with Crippen LogP contribution in [0.25, 0.3) is 0 Å². The zero-order valence-electron chi connectivity index (χ0n) is 11.9. The SMILES string of the molecule is Cc1ccc(CC(=O)C2CNc3ccccc32)cc1C. The molecule has 0 spiro atoms. The van der Waals surface area contributed by atoms with Crippen LogP contribution in [0, 0.1) is 13.8 Å². The average molecular weight is 265 g/mol. The highest BCUT2D eigenvalue weighted by Gasteiger charge is 2.27. The van der Waals surface area contributed by atoms with Crippen molar-refractivity contribution in [3.8, 4) is 0 Å². The van der Waals surface area contributed by atoms with Gasteiger partial charge in [-0.15, -0.1) is 0 Å². The van der Waals surface area contributed by atoms with E-state index < -0.39 is 0 Å². The second-order valence-electron chi connectivity index (χ2n) is 5.58. The van der Waals surface area contributed by atoms with E-state index in [9.17, 15) is 4.79 Å². The minimum Gasteiger partial charge on any atom is -0.384 e. The highest BCUT2D eigenvalue weighted by molar-refractivity contribution is 5.91. The first-order valence-electron chi connectivity index (χ1n) is 7.07. The second kappa shape index (κ2) is 5.12.